The minimum Gasteiger partial charge on any atom is -0.462 e. The van der Waals surface area contributed by atoms with Crippen molar-refractivity contribution in [3.63, 3.8) is 0 Å². The van der Waals surface area contributed by atoms with E-state index in [0.717, 1.165) is 68.3 Å². The Bertz CT molecular complexity index is 1080. The second kappa shape index (κ2) is 8.77. The number of esters is 1. The summed E-state index contributed by atoms with van der Waals surface area (Å²) in [5, 5.41) is 0.809. The zero-order chi connectivity index (χ0) is 23.1. The van der Waals surface area contributed by atoms with Crippen LogP contribution < -0.4 is 10.5 Å². The number of unbranched alkanes of at least 4 members (excludes halogenated alkanes) is 3. The summed E-state index contributed by atoms with van der Waals surface area (Å²) in [5.41, 5.74) is 3.50. The summed E-state index contributed by atoms with van der Waals surface area (Å²) in [6, 6.07) is 3.81. The van der Waals surface area contributed by atoms with E-state index in [-0.39, 0.29) is 16.4 Å². The summed E-state index contributed by atoms with van der Waals surface area (Å²) < 4.78 is 11.2. The van der Waals surface area contributed by atoms with E-state index < -0.39 is 11.6 Å². The quantitative estimate of drug-likeness (QED) is 0.253. The molecule has 0 saturated heterocycles. The number of benzene rings is 1. The van der Waals surface area contributed by atoms with Gasteiger partial charge in [0, 0.05) is 29.7 Å². The standard InChI is InChI=1S/C26H35NO4S/c1-25(2)9-11-27-12-10-26(3,4)20-21(27)19(25)16-17-15-18(24(29)31-22(17)20)23(28)30-13-7-5-6-8-14-32/h15-16,32H,5-14H2,1-4H3. The molecule has 0 bridgehead atoms. The molecule has 0 amide bonds. The van der Waals surface area contributed by atoms with E-state index in [9.17, 15) is 9.59 Å². The van der Waals surface area contributed by atoms with Crippen LogP contribution in [-0.4, -0.2) is 31.4 Å². The Labute approximate surface area is 195 Å². The van der Waals surface area contributed by atoms with Crippen molar-refractivity contribution < 1.29 is 13.9 Å². The van der Waals surface area contributed by atoms with Crippen LogP contribution in [0.5, 0.6) is 0 Å². The summed E-state index contributed by atoms with van der Waals surface area (Å²) in [6.45, 7) is 11.3. The Balaban J connectivity index is 1.73. The Hall–Kier alpha value is -1.95. The van der Waals surface area contributed by atoms with Crippen molar-refractivity contribution in [1.82, 2.24) is 0 Å². The molecule has 0 fully saturated rings. The van der Waals surface area contributed by atoms with E-state index in [1.807, 2.05) is 0 Å². The number of hydrogen-bond acceptors (Lipinski definition) is 6. The molecular weight excluding hydrogens is 422 g/mol. The van der Waals surface area contributed by atoms with Crippen LogP contribution in [0.1, 0.15) is 87.7 Å². The predicted molar refractivity (Wildman–Crippen MR) is 133 cm³/mol. The molecule has 6 heteroatoms. The molecule has 0 unspecified atom stereocenters. The molecule has 174 valence electrons. The van der Waals surface area contributed by atoms with Crippen molar-refractivity contribution in [2.45, 2.75) is 77.0 Å². The first-order valence-corrected chi connectivity index (χ1v) is 12.5. The highest BCUT2D eigenvalue weighted by Crippen LogP contribution is 2.51. The zero-order valence-corrected chi connectivity index (χ0v) is 20.6. The topological polar surface area (TPSA) is 59.8 Å². The number of rotatable bonds is 7. The molecule has 0 radical (unpaired) electrons. The van der Waals surface area contributed by atoms with Gasteiger partial charge in [-0.3, -0.25) is 0 Å². The van der Waals surface area contributed by atoms with Crippen LogP contribution in [0.15, 0.2) is 21.3 Å². The van der Waals surface area contributed by atoms with Crippen LogP contribution in [0.25, 0.3) is 11.0 Å². The highest BCUT2D eigenvalue weighted by Gasteiger charge is 2.42. The monoisotopic (exact) mass is 457 g/mol. The Morgan fingerprint density at radius 3 is 2.47 bits per heavy atom. The zero-order valence-electron chi connectivity index (χ0n) is 19.8. The first-order valence-electron chi connectivity index (χ1n) is 11.8. The lowest BCUT2D eigenvalue weighted by atomic mass is 9.69. The fourth-order valence-electron chi connectivity index (χ4n) is 5.10. The van der Waals surface area contributed by atoms with E-state index in [1.54, 1.807) is 6.07 Å². The number of thiol groups is 1. The molecule has 2 aromatic rings. The van der Waals surface area contributed by atoms with Crippen LogP contribution in [0.2, 0.25) is 0 Å². The van der Waals surface area contributed by atoms with Crippen molar-refractivity contribution in [3.8, 4) is 0 Å². The van der Waals surface area contributed by atoms with Crippen molar-refractivity contribution in [3.05, 3.63) is 39.2 Å². The molecule has 0 atom stereocenters. The van der Waals surface area contributed by atoms with Gasteiger partial charge in [0.05, 0.1) is 6.61 Å². The van der Waals surface area contributed by atoms with Gasteiger partial charge in [0.1, 0.15) is 11.1 Å². The number of carbonyl (C=O) groups excluding carboxylic acids is 1. The van der Waals surface area contributed by atoms with Crippen LogP contribution >= 0.6 is 12.6 Å². The first kappa shape index (κ1) is 23.2. The maximum absolute atomic E-state index is 12.8. The summed E-state index contributed by atoms with van der Waals surface area (Å²) in [5.74, 6) is 0.274. The molecule has 4 rings (SSSR count). The minimum atomic E-state index is -0.614. The van der Waals surface area contributed by atoms with Crippen molar-refractivity contribution >= 4 is 35.3 Å². The lowest BCUT2D eigenvalue weighted by molar-refractivity contribution is 0.0493. The molecule has 32 heavy (non-hydrogen) atoms. The van der Waals surface area contributed by atoms with Crippen molar-refractivity contribution in [1.29, 1.82) is 0 Å². The molecule has 0 spiro atoms. The smallest absolute Gasteiger partial charge is 0.351 e. The molecule has 1 aromatic carbocycles. The molecule has 2 aliphatic rings. The summed E-state index contributed by atoms with van der Waals surface area (Å²) in [6.07, 6.45) is 5.96. The van der Waals surface area contributed by atoms with Crippen LogP contribution in [0.4, 0.5) is 5.69 Å². The Morgan fingerprint density at radius 1 is 1.06 bits per heavy atom. The molecule has 0 aliphatic carbocycles. The van der Waals surface area contributed by atoms with Gasteiger partial charge in [-0.15, -0.1) is 0 Å². The maximum atomic E-state index is 12.8. The maximum Gasteiger partial charge on any atom is 0.351 e. The van der Waals surface area contributed by atoms with Crippen LogP contribution in [-0.2, 0) is 15.6 Å². The van der Waals surface area contributed by atoms with E-state index >= 15 is 0 Å². The summed E-state index contributed by atoms with van der Waals surface area (Å²) >= 11 is 4.21. The van der Waals surface area contributed by atoms with Crippen molar-refractivity contribution in [2.75, 3.05) is 30.3 Å². The number of fused-ring (bicyclic) bond motifs is 2. The highest BCUT2D eigenvalue weighted by molar-refractivity contribution is 7.80. The second-order valence-electron chi connectivity index (χ2n) is 10.5. The van der Waals surface area contributed by atoms with Gasteiger partial charge in [-0.1, -0.05) is 40.5 Å². The van der Waals surface area contributed by atoms with E-state index in [1.165, 1.54) is 11.3 Å². The molecule has 0 saturated carbocycles. The molecular formula is C26H35NO4S. The molecule has 3 heterocycles. The molecule has 0 N–H and O–H groups in total. The van der Waals surface area contributed by atoms with E-state index in [0.29, 0.717) is 12.2 Å². The van der Waals surface area contributed by atoms with Gasteiger partial charge in [0.2, 0.25) is 0 Å². The number of ether oxygens (including phenoxy) is 1. The van der Waals surface area contributed by atoms with Gasteiger partial charge in [-0.2, -0.15) is 12.6 Å². The normalized spacial score (nSPS) is 18.5. The van der Waals surface area contributed by atoms with E-state index in [4.69, 9.17) is 9.15 Å². The number of carbonyl (C=O) groups is 1. The predicted octanol–water partition coefficient (Wildman–Crippen LogP) is 5.61. The number of anilines is 1. The first-order chi connectivity index (χ1) is 15.2. The molecule has 1 aromatic heterocycles. The van der Waals surface area contributed by atoms with Crippen LogP contribution in [0.3, 0.4) is 0 Å². The summed E-state index contributed by atoms with van der Waals surface area (Å²) in [7, 11) is 0. The third-order valence-corrected chi connectivity index (χ3v) is 7.55. The third-order valence-electron chi connectivity index (χ3n) is 7.24. The second-order valence-corrected chi connectivity index (χ2v) is 11.0. The lowest BCUT2D eigenvalue weighted by Crippen LogP contribution is -2.44. The third kappa shape index (κ3) is 4.18. The fourth-order valence-corrected chi connectivity index (χ4v) is 5.33. The average Bonchev–Trinajstić information content (AvgIpc) is 2.73. The average molecular weight is 458 g/mol. The Morgan fingerprint density at radius 2 is 1.75 bits per heavy atom. The van der Waals surface area contributed by atoms with Gasteiger partial charge in [-0.25, -0.2) is 9.59 Å². The van der Waals surface area contributed by atoms with Gasteiger partial charge in [-0.05, 0) is 60.0 Å². The van der Waals surface area contributed by atoms with Gasteiger partial charge in [0.25, 0.3) is 0 Å². The highest BCUT2D eigenvalue weighted by atomic mass is 32.1. The molecule has 2 aliphatic heterocycles. The lowest BCUT2D eigenvalue weighted by Gasteiger charge is -2.48. The van der Waals surface area contributed by atoms with Crippen LogP contribution in [0, 0.1) is 0 Å². The minimum absolute atomic E-state index is 0.0147. The van der Waals surface area contributed by atoms with Gasteiger partial charge < -0.3 is 14.1 Å². The largest absolute Gasteiger partial charge is 0.462 e. The number of nitrogens with zero attached hydrogens (tertiary/aromatic N) is 1. The number of hydrogen-bond donors (Lipinski definition) is 1. The van der Waals surface area contributed by atoms with Gasteiger partial charge >= 0.3 is 11.6 Å². The summed E-state index contributed by atoms with van der Waals surface area (Å²) in [4.78, 5) is 27.9. The SMILES string of the molecule is CC1(C)CCN2CCC(C)(C)c3c2c1cc1cc(C(=O)OCCCCCCS)c(=O)oc31. The van der Waals surface area contributed by atoms with E-state index in [2.05, 4.69) is 51.3 Å². The fraction of sp³-hybridized carbons (Fsp3) is 0.615. The van der Waals surface area contributed by atoms with Gasteiger partial charge in [0.15, 0.2) is 0 Å². The Kier molecular flexibility index (Phi) is 6.36. The molecule has 5 nitrogen and oxygen atoms in total. The van der Waals surface area contributed by atoms with Crippen molar-refractivity contribution in [2.24, 2.45) is 0 Å².